The number of carbonyl (C=O) groups excluding carboxylic acids is 2. The van der Waals surface area contributed by atoms with E-state index in [-0.39, 0.29) is 24.0 Å². The molecule has 0 aliphatic heterocycles. The van der Waals surface area contributed by atoms with E-state index in [4.69, 9.17) is 20.8 Å². The Kier molecular flexibility index (Phi) is 5.93. The van der Waals surface area contributed by atoms with Crippen molar-refractivity contribution in [2.24, 2.45) is 7.05 Å². The van der Waals surface area contributed by atoms with E-state index in [1.54, 1.807) is 69.1 Å². The van der Waals surface area contributed by atoms with Gasteiger partial charge in [-0.2, -0.15) is 5.10 Å². The van der Waals surface area contributed by atoms with Crippen molar-refractivity contribution in [1.29, 1.82) is 0 Å². The summed E-state index contributed by atoms with van der Waals surface area (Å²) in [6.07, 6.45) is 0. The zero-order valence-electron chi connectivity index (χ0n) is 16.5. The van der Waals surface area contributed by atoms with Gasteiger partial charge in [-0.25, -0.2) is 0 Å². The third-order valence-corrected chi connectivity index (χ3v) is 4.51. The molecule has 0 radical (unpaired) electrons. The molecule has 0 unspecified atom stereocenters. The topological polar surface area (TPSA) is 89.6 Å². The molecule has 0 fully saturated rings. The first-order valence-corrected chi connectivity index (χ1v) is 9.17. The molecule has 1 N–H and O–H groups in total. The van der Waals surface area contributed by atoms with E-state index >= 15 is 0 Å². The summed E-state index contributed by atoms with van der Waals surface area (Å²) in [6, 6.07) is 10.1. The minimum absolute atomic E-state index is 0.103. The van der Waals surface area contributed by atoms with Crippen LogP contribution >= 0.6 is 11.6 Å². The second kappa shape index (κ2) is 8.40. The van der Waals surface area contributed by atoms with Crippen LogP contribution in [0.4, 0.5) is 5.69 Å². The van der Waals surface area contributed by atoms with Crippen molar-refractivity contribution in [3.05, 3.63) is 64.3 Å². The van der Waals surface area contributed by atoms with E-state index in [2.05, 4.69) is 10.4 Å². The molecule has 2 heterocycles. The van der Waals surface area contributed by atoms with Crippen molar-refractivity contribution < 1.29 is 18.7 Å². The second-order valence-electron chi connectivity index (χ2n) is 6.59. The van der Waals surface area contributed by atoms with E-state index < -0.39 is 5.91 Å². The molecule has 3 aromatic rings. The zero-order chi connectivity index (χ0) is 21.1. The normalized spacial score (nSPS) is 10.7. The summed E-state index contributed by atoms with van der Waals surface area (Å²) >= 11 is 5.85. The van der Waals surface area contributed by atoms with Gasteiger partial charge in [0.2, 0.25) is 0 Å². The Morgan fingerprint density at radius 3 is 2.55 bits per heavy atom. The number of benzene rings is 1. The summed E-state index contributed by atoms with van der Waals surface area (Å²) < 4.78 is 12.7. The number of nitrogens with one attached hydrogen (secondary N) is 1. The lowest BCUT2D eigenvalue weighted by Gasteiger charge is -2.10. The smallest absolute Gasteiger partial charge is 0.291 e. The molecule has 0 saturated heterocycles. The minimum Gasteiger partial charge on any atom is -0.486 e. The molecular formula is C20H21ClN4O4. The van der Waals surface area contributed by atoms with E-state index in [0.717, 1.165) is 0 Å². The largest absolute Gasteiger partial charge is 0.486 e. The predicted octanol–water partition coefficient (Wildman–Crippen LogP) is 3.51. The van der Waals surface area contributed by atoms with Gasteiger partial charge in [-0.05, 0) is 43.3 Å². The van der Waals surface area contributed by atoms with Crippen LogP contribution in [0.5, 0.6) is 5.75 Å². The van der Waals surface area contributed by atoms with Crippen LogP contribution < -0.4 is 10.1 Å². The molecule has 0 aliphatic carbocycles. The molecule has 0 aliphatic rings. The Morgan fingerprint density at radius 1 is 1.21 bits per heavy atom. The molecular weight excluding hydrogens is 396 g/mol. The maximum Gasteiger partial charge on any atom is 0.291 e. The Labute approximate surface area is 173 Å². The number of carbonyl (C=O) groups is 2. The summed E-state index contributed by atoms with van der Waals surface area (Å²) in [6.45, 7) is 1.92. The number of furan rings is 1. The van der Waals surface area contributed by atoms with Crippen molar-refractivity contribution in [2.45, 2.75) is 13.5 Å². The van der Waals surface area contributed by atoms with Crippen LogP contribution in [-0.2, 0) is 13.7 Å². The van der Waals surface area contributed by atoms with Crippen LogP contribution in [-0.4, -0.2) is 40.6 Å². The fourth-order valence-electron chi connectivity index (χ4n) is 2.56. The molecule has 152 valence electrons. The van der Waals surface area contributed by atoms with E-state index in [1.807, 2.05) is 0 Å². The molecule has 9 heteroatoms. The number of rotatable bonds is 6. The van der Waals surface area contributed by atoms with Gasteiger partial charge in [0.05, 0.1) is 11.4 Å². The van der Waals surface area contributed by atoms with Crippen molar-refractivity contribution in [2.75, 3.05) is 19.4 Å². The van der Waals surface area contributed by atoms with Gasteiger partial charge in [-0.15, -0.1) is 0 Å². The molecule has 8 nitrogen and oxygen atoms in total. The molecule has 0 atom stereocenters. The van der Waals surface area contributed by atoms with Crippen LogP contribution in [0.2, 0.25) is 5.02 Å². The second-order valence-corrected chi connectivity index (χ2v) is 7.03. The zero-order valence-corrected chi connectivity index (χ0v) is 17.3. The van der Waals surface area contributed by atoms with Crippen molar-refractivity contribution in [3.63, 3.8) is 0 Å². The monoisotopic (exact) mass is 416 g/mol. The van der Waals surface area contributed by atoms with Gasteiger partial charge in [-0.1, -0.05) is 11.6 Å². The van der Waals surface area contributed by atoms with Gasteiger partial charge >= 0.3 is 0 Å². The number of ether oxygens (including phenoxy) is 1. The number of anilines is 1. The molecule has 0 bridgehead atoms. The lowest BCUT2D eigenvalue weighted by Crippen LogP contribution is -2.24. The summed E-state index contributed by atoms with van der Waals surface area (Å²) in [7, 11) is 4.95. The fraction of sp³-hybridized carbons (Fsp3) is 0.250. The van der Waals surface area contributed by atoms with E-state index in [0.29, 0.717) is 27.9 Å². The summed E-state index contributed by atoms with van der Waals surface area (Å²) in [5.74, 6) is 0.436. The number of aryl methyl sites for hydroxylation is 1. The first-order chi connectivity index (χ1) is 13.8. The molecule has 2 aromatic heterocycles. The Hall–Kier alpha value is -3.26. The average Bonchev–Trinajstić information content (AvgIpc) is 3.27. The summed E-state index contributed by atoms with van der Waals surface area (Å²) in [5, 5.41) is 7.55. The summed E-state index contributed by atoms with van der Waals surface area (Å²) in [5.41, 5.74) is 1.18. The Balaban J connectivity index is 1.71. The van der Waals surface area contributed by atoms with E-state index in [1.165, 1.54) is 4.90 Å². The van der Waals surface area contributed by atoms with Crippen LogP contribution in [0, 0.1) is 6.92 Å². The lowest BCUT2D eigenvalue weighted by molar-refractivity contribution is 0.0822. The quantitative estimate of drug-likeness (QED) is 0.664. The van der Waals surface area contributed by atoms with E-state index in [9.17, 15) is 9.59 Å². The number of aromatic nitrogens is 2. The third kappa shape index (κ3) is 4.60. The third-order valence-electron chi connectivity index (χ3n) is 4.26. The molecule has 0 spiro atoms. The maximum atomic E-state index is 12.6. The molecule has 3 rings (SSSR count). The number of hydrogen-bond acceptors (Lipinski definition) is 5. The Morgan fingerprint density at radius 2 is 1.90 bits per heavy atom. The standard InChI is InChI=1S/C20H21ClN4O4/c1-12-17(18(23-25(12)4)20(27)24(2)3)22-19(26)16-10-9-15(29-16)11-28-14-7-5-13(21)6-8-14/h5-10H,11H2,1-4H3,(H,22,26). The van der Waals surface area contributed by atoms with Gasteiger partial charge < -0.3 is 19.4 Å². The van der Waals surface area contributed by atoms with Crippen molar-refractivity contribution >= 4 is 29.1 Å². The highest BCUT2D eigenvalue weighted by molar-refractivity contribution is 6.30. The van der Waals surface area contributed by atoms with Crippen LogP contribution in [0.15, 0.2) is 40.8 Å². The highest BCUT2D eigenvalue weighted by atomic mass is 35.5. The van der Waals surface area contributed by atoms with Gasteiger partial charge in [0, 0.05) is 26.2 Å². The number of halogens is 1. The SMILES string of the molecule is Cc1c(NC(=O)c2ccc(COc3ccc(Cl)cc3)o2)c(C(=O)N(C)C)nn1C. The molecule has 0 saturated carbocycles. The van der Waals surface area contributed by atoms with Crippen LogP contribution in [0.3, 0.4) is 0 Å². The summed E-state index contributed by atoms with van der Waals surface area (Å²) in [4.78, 5) is 26.4. The molecule has 1 aromatic carbocycles. The number of nitrogens with zero attached hydrogens (tertiary/aromatic N) is 3. The van der Waals surface area contributed by atoms with Crippen LogP contribution in [0.25, 0.3) is 0 Å². The van der Waals surface area contributed by atoms with Crippen LogP contribution in [0.1, 0.15) is 32.5 Å². The van der Waals surface area contributed by atoms with Gasteiger partial charge in [0.15, 0.2) is 11.5 Å². The maximum absolute atomic E-state index is 12.6. The lowest BCUT2D eigenvalue weighted by atomic mass is 10.2. The first-order valence-electron chi connectivity index (χ1n) is 8.80. The highest BCUT2D eigenvalue weighted by Crippen LogP contribution is 2.22. The minimum atomic E-state index is -0.480. The number of hydrogen-bond donors (Lipinski definition) is 1. The van der Waals surface area contributed by atoms with Crippen molar-refractivity contribution in [1.82, 2.24) is 14.7 Å². The first kappa shape index (κ1) is 20.5. The Bertz CT molecular complexity index is 1040. The highest BCUT2D eigenvalue weighted by Gasteiger charge is 2.24. The van der Waals surface area contributed by atoms with Gasteiger partial charge in [0.25, 0.3) is 11.8 Å². The van der Waals surface area contributed by atoms with Gasteiger partial charge in [-0.3, -0.25) is 14.3 Å². The molecule has 2 amide bonds. The molecule has 29 heavy (non-hydrogen) atoms. The van der Waals surface area contributed by atoms with Gasteiger partial charge in [0.1, 0.15) is 18.1 Å². The fourth-order valence-corrected chi connectivity index (χ4v) is 2.68. The predicted molar refractivity (Wildman–Crippen MR) is 108 cm³/mol. The van der Waals surface area contributed by atoms with Crippen molar-refractivity contribution in [3.8, 4) is 5.75 Å². The number of amides is 2. The average molecular weight is 417 g/mol.